The smallest absolute Gasteiger partial charge is 0.262 e. The summed E-state index contributed by atoms with van der Waals surface area (Å²) < 4.78 is 11.1. The number of likely N-dealkylation sites (tertiary alicyclic amines) is 1. The molecule has 148 valence electrons. The number of hydrogen-bond donors (Lipinski definition) is 1. The second-order valence-electron chi connectivity index (χ2n) is 7.02. The largest absolute Gasteiger partial charge is 0.493 e. The highest BCUT2D eigenvalue weighted by Gasteiger charge is 2.18. The first kappa shape index (κ1) is 20.1. The van der Waals surface area contributed by atoms with Crippen molar-refractivity contribution in [3.05, 3.63) is 53.1 Å². The van der Waals surface area contributed by atoms with Crippen LogP contribution in [0.2, 0.25) is 0 Å². The number of rotatable bonds is 6. The molecule has 0 unspecified atom stereocenters. The number of aryl methyl sites for hydroxylation is 2. The Morgan fingerprint density at radius 3 is 2.57 bits per heavy atom. The van der Waals surface area contributed by atoms with E-state index in [0.29, 0.717) is 11.5 Å². The molecule has 0 atom stereocenters. The average Bonchev–Trinajstić information content (AvgIpc) is 3.23. The molecular formula is C22H26N2O3S. The first-order chi connectivity index (χ1) is 13.5. The van der Waals surface area contributed by atoms with Crippen LogP contribution in [0.15, 0.2) is 36.4 Å². The Morgan fingerprint density at radius 1 is 1.11 bits per heavy atom. The lowest BCUT2D eigenvalue weighted by atomic mass is 10.1. The van der Waals surface area contributed by atoms with Crippen molar-refractivity contribution in [2.75, 3.05) is 32.1 Å². The number of carbonyl (C=O) groups is 1. The summed E-state index contributed by atoms with van der Waals surface area (Å²) in [6.07, 6.45) is 2.35. The van der Waals surface area contributed by atoms with Crippen molar-refractivity contribution in [3.63, 3.8) is 0 Å². The Hall–Kier alpha value is -2.60. The lowest BCUT2D eigenvalue weighted by molar-refractivity contribution is -0.118. The number of methoxy groups -OCH3 is 1. The van der Waals surface area contributed by atoms with Crippen LogP contribution in [0.4, 0.5) is 5.69 Å². The molecule has 1 saturated heterocycles. The Morgan fingerprint density at radius 2 is 1.86 bits per heavy atom. The molecule has 1 aliphatic heterocycles. The zero-order valence-corrected chi connectivity index (χ0v) is 17.4. The zero-order chi connectivity index (χ0) is 20.1. The number of anilines is 1. The summed E-state index contributed by atoms with van der Waals surface area (Å²) >= 11 is 5.60. The van der Waals surface area contributed by atoms with Crippen molar-refractivity contribution in [2.24, 2.45) is 0 Å². The van der Waals surface area contributed by atoms with Crippen molar-refractivity contribution in [1.82, 2.24) is 4.90 Å². The van der Waals surface area contributed by atoms with Crippen LogP contribution in [0.3, 0.4) is 0 Å². The third-order valence-electron chi connectivity index (χ3n) is 4.83. The minimum absolute atomic E-state index is 0.0976. The molecule has 1 amide bonds. The topological polar surface area (TPSA) is 50.8 Å². The minimum atomic E-state index is -0.215. The first-order valence-electron chi connectivity index (χ1n) is 9.45. The molecule has 0 aromatic heterocycles. The first-order valence-corrected chi connectivity index (χ1v) is 9.86. The van der Waals surface area contributed by atoms with E-state index in [9.17, 15) is 4.79 Å². The van der Waals surface area contributed by atoms with Crippen LogP contribution in [0.25, 0.3) is 0 Å². The van der Waals surface area contributed by atoms with Gasteiger partial charge in [-0.3, -0.25) is 4.79 Å². The summed E-state index contributed by atoms with van der Waals surface area (Å²) in [5.74, 6) is 0.873. The van der Waals surface area contributed by atoms with E-state index in [4.69, 9.17) is 21.7 Å². The number of carbonyl (C=O) groups excluding carboxylic acids is 1. The van der Waals surface area contributed by atoms with Gasteiger partial charge in [0.05, 0.1) is 7.11 Å². The van der Waals surface area contributed by atoms with Gasteiger partial charge in [0.15, 0.2) is 18.1 Å². The van der Waals surface area contributed by atoms with Crippen molar-refractivity contribution < 1.29 is 14.3 Å². The fraction of sp³-hybridized carbons (Fsp3) is 0.364. The van der Waals surface area contributed by atoms with Crippen LogP contribution in [0.1, 0.15) is 29.5 Å². The molecule has 0 saturated carbocycles. The summed E-state index contributed by atoms with van der Waals surface area (Å²) in [7, 11) is 1.58. The molecule has 1 heterocycles. The quantitative estimate of drug-likeness (QED) is 0.743. The maximum absolute atomic E-state index is 12.3. The fourth-order valence-electron chi connectivity index (χ4n) is 3.22. The van der Waals surface area contributed by atoms with Gasteiger partial charge in [0, 0.05) is 24.3 Å². The van der Waals surface area contributed by atoms with E-state index >= 15 is 0 Å². The molecule has 0 radical (unpaired) electrons. The van der Waals surface area contributed by atoms with Gasteiger partial charge < -0.3 is 19.7 Å². The number of benzene rings is 2. The lowest BCUT2D eigenvalue weighted by Gasteiger charge is -2.19. The lowest BCUT2D eigenvalue weighted by Crippen LogP contribution is -2.26. The van der Waals surface area contributed by atoms with E-state index in [-0.39, 0.29) is 12.5 Å². The second kappa shape index (κ2) is 9.06. The predicted octanol–water partition coefficient (Wildman–Crippen LogP) is 4.10. The van der Waals surface area contributed by atoms with Crippen LogP contribution in [-0.2, 0) is 4.79 Å². The molecule has 2 aromatic rings. The van der Waals surface area contributed by atoms with Gasteiger partial charge in [-0.2, -0.15) is 0 Å². The normalized spacial score (nSPS) is 13.3. The summed E-state index contributed by atoms with van der Waals surface area (Å²) in [6.45, 7) is 5.85. The van der Waals surface area contributed by atoms with Gasteiger partial charge in [-0.25, -0.2) is 0 Å². The van der Waals surface area contributed by atoms with Crippen LogP contribution in [0, 0.1) is 13.8 Å². The number of amides is 1. The van der Waals surface area contributed by atoms with Crippen LogP contribution in [-0.4, -0.2) is 42.6 Å². The van der Waals surface area contributed by atoms with Gasteiger partial charge in [0.25, 0.3) is 5.91 Å². The number of thiocarbonyl (C=S) groups is 1. The van der Waals surface area contributed by atoms with Crippen molar-refractivity contribution in [3.8, 4) is 11.5 Å². The maximum atomic E-state index is 12.3. The van der Waals surface area contributed by atoms with E-state index in [1.165, 1.54) is 12.8 Å². The second-order valence-corrected chi connectivity index (χ2v) is 7.41. The van der Waals surface area contributed by atoms with Gasteiger partial charge in [-0.1, -0.05) is 24.4 Å². The highest BCUT2D eigenvalue weighted by molar-refractivity contribution is 7.80. The Labute approximate surface area is 171 Å². The van der Waals surface area contributed by atoms with E-state index < -0.39 is 0 Å². The number of nitrogens with one attached hydrogen (secondary N) is 1. The molecule has 1 aliphatic rings. The maximum Gasteiger partial charge on any atom is 0.262 e. The minimum Gasteiger partial charge on any atom is -0.493 e. The monoisotopic (exact) mass is 398 g/mol. The molecule has 0 spiro atoms. The molecule has 0 bridgehead atoms. The highest BCUT2D eigenvalue weighted by atomic mass is 32.1. The van der Waals surface area contributed by atoms with Gasteiger partial charge in [0.1, 0.15) is 4.99 Å². The Kier molecular flexibility index (Phi) is 6.52. The van der Waals surface area contributed by atoms with E-state index in [2.05, 4.69) is 10.2 Å². The molecule has 1 fully saturated rings. The summed E-state index contributed by atoms with van der Waals surface area (Å²) in [5.41, 5.74) is 3.83. The highest BCUT2D eigenvalue weighted by Crippen LogP contribution is 2.29. The van der Waals surface area contributed by atoms with Gasteiger partial charge in [-0.05, 0) is 62.1 Å². The third kappa shape index (κ3) is 4.81. The van der Waals surface area contributed by atoms with Crippen LogP contribution < -0.4 is 14.8 Å². The average molecular weight is 399 g/mol. The predicted molar refractivity (Wildman–Crippen MR) is 116 cm³/mol. The fourth-order valence-corrected chi connectivity index (χ4v) is 3.53. The number of hydrogen-bond acceptors (Lipinski definition) is 4. The third-order valence-corrected chi connectivity index (χ3v) is 5.32. The standard InChI is InChI=1S/C22H26N2O3S/c1-15-6-7-16(2)18(12-15)23-21(25)14-27-19-9-8-17(13-20(19)26-3)22(28)24-10-4-5-11-24/h6-9,12-13H,4-5,10-11,14H2,1-3H3,(H,23,25). The van der Waals surface area contributed by atoms with Gasteiger partial charge in [-0.15, -0.1) is 0 Å². The van der Waals surface area contributed by atoms with Gasteiger partial charge >= 0.3 is 0 Å². The molecule has 28 heavy (non-hydrogen) atoms. The summed E-state index contributed by atoms with van der Waals surface area (Å²) in [5, 5.41) is 2.89. The molecular weight excluding hydrogens is 372 g/mol. The SMILES string of the molecule is COc1cc(C(=S)N2CCCC2)ccc1OCC(=O)Nc1cc(C)ccc1C. The van der Waals surface area contributed by atoms with E-state index in [1.807, 2.05) is 50.2 Å². The molecule has 2 aromatic carbocycles. The molecule has 3 rings (SSSR count). The molecule has 1 N–H and O–H groups in total. The summed E-state index contributed by atoms with van der Waals surface area (Å²) in [6, 6.07) is 11.5. The van der Waals surface area contributed by atoms with Crippen LogP contribution in [0.5, 0.6) is 11.5 Å². The zero-order valence-electron chi connectivity index (χ0n) is 16.6. The Bertz CT molecular complexity index is 876. The van der Waals surface area contributed by atoms with Crippen molar-refractivity contribution >= 4 is 28.8 Å². The molecule has 0 aliphatic carbocycles. The van der Waals surface area contributed by atoms with E-state index in [1.54, 1.807) is 7.11 Å². The van der Waals surface area contributed by atoms with Gasteiger partial charge in [0.2, 0.25) is 0 Å². The van der Waals surface area contributed by atoms with Crippen molar-refractivity contribution in [2.45, 2.75) is 26.7 Å². The molecule has 6 heteroatoms. The number of ether oxygens (including phenoxy) is 2. The van der Waals surface area contributed by atoms with E-state index in [0.717, 1.165) is 40.5 Å². The van der Waals surface area contributed by atoms with Crippen LogP contribution >= 0.6 is 12.2 Å². The molecule has 5 nitrogen and oxygen atoms in total. The van der Waals surface area contributed by atoms with Crippen molar-refractivity contribution in [1.29, 1.82) is 0 Å². The Balaban J connectivity index is 1.64. The summed E-state index contributed by atoms with van der Waals surface area (Å²) in [4.78, 5) is 15.3. The number of nitrogens with zero attached hydrogens (tertiary/aromatic N) is 1.